The normalized spacial score (nSPS) is 29.9. The molecule has 0 radical (unpaired) electrons. The third-order valence-electron chi connectivity index (χ3n) is 3.03. The smallest absolute Gasteiger partial charge is 0.0693 e. The summed E-state index contributed by atoms with van der Waals surface area (Å²) in [5, 5.41) is 13.3. The molecular weight excluding hydrogens is 174 g/mol. The van der Waals surface area contributed by atoms with Gasteiger partial charge in [0.15, 0.2) is 0 Å². The second kappa shape index (κ2) is 6.20. The van der Waals surface area contributed by atoms with Gasteiger partial charge in [-0.25, -0.2) is 0 Å². The second-order valence-electron chi connectivity index (χ2n) is 4.39. The van der Waals surface area contributed by atoms with Crippen LogP contribution in [0.15, 0.2) is 12.7 Å². The summed E-state index contributed by atoms with van der Waals surface area (Å²) in [5.74, 6) is 0. The maximum absolute atomic E-state index is 9.76. The standard InChI is InChI=1S/C12H23NO/c1-3-4-7-10(2)13-11-8-5-6-9-12(11)14/h3,10-14H,1,4-9H2,2H3/t10-,11+,12+/m0/s1. The molecule has 2 N–H and O–H groups in total. The summed E-state index contributed by atoms with van der Waals surface area (Å²) in [4.78, 5) is 0. The molecule has 0 aliphatic heterocycles. The highest BCUT2D eigenvalue weighted by Gasteiger charge is 2.23. The number of aliphatic hydroxyl groups excluding tert-OH is 1. The van der Waals surface area contributed by atoms with E-state index in [9.17, 15) is 5.11 Å². The Labute approximate surface area is 87.4 Å². The maximum atomic E-state index is 9.76. The quantitative estimate of drug-likeness (QED) is 0.662. The molecule has 0 heterocycles. The highest BCUT2D eigenvalue weighted by molar-refractivity contribution is 4.83. The van der Waals surface area contributed by atoms with Gasteiger partial charge in [0.25, 0.3) is 0 Å². The first-order valence-electron chi connectivity index (χ1n) is 5.79. The average Bonchev–Trinajstić information content (AvgIpc) is 2.18. The first-order chi connectivity index (χ1) is 6.74. The molecule has 3 atom stereocenters. The SMILES string of the molecule is C=CCC[C@H](C)N[C@@H]1CCCC[C@H]1O. The molecule has 2 heteroatoms. The summed E-state index contributed by atoms with van der Waals surface area (Å²) in [7, 11) is 0. The van der Waals surface area contributed by atoms with Crippen LogP contribution < -0.4 is 5.32 Å². The molecule has 1 aliphatic rings. The Bertz CT molecular complexity index is 170. The molecule has 1 saturated carbocycles. The highest BCUT2D eigenvalue weighted by atomic mass is 16.3. The summed E-state index contributed by atoms with van der Waals surface area (Å²) in [6.07, 6.45) is 8.52. The molecule has 0 amide bonds. The van der Waals surface area contributed by atoms with E-state index in [1.165, 1.54) is 12.8 Å². The Morgan fingerprint density at radius 1 is 1.50 bits per heavy atom. The fraction of sp³-hybridized carbons (Fsp3) is 0.833. The number of rotatable bonds is 5. The Hall–Kier alpha value is -0.340. The summed E-state index contributed by atoms with van der Waals surface area (Å²) >= 11 is 0. The van der Waals surface area contributed by atoms with Crippen molar-refractivity contribution < 1.29 is 5.11 Å². The lowest BCUT2D eigenvalue weighted by Crippen LogP contribution is -2.46. The first kappa shape index (κ1) is 11.7. The highest BCUT2D eigenvalue weighted by Crippen LogP contribution is 2.19. The van der Waals surface area contributed by atoms with Crippen LogP contribution in [0.1, 0.15) is 45.4 Å². The number of hydrogen-bond donors (Lipinski definition) is 2. The van der Waals surface area contributed by atoms with Crippen molar-refractivity contribution in [1.29, 1.82) is 0 Å². The molecule has 0 spiro atoms. The number of allylic oxidation sites excluding steroid dienone is 1. The molecular formula is C12H23NO. The molecule has 0 saturated heterocycles. The lowest BCUT2D eigenvalue weighted by molar-refractivity contribution is 0.0854. The van der Waals surface area contributed by atoms with Gasteiger partial charge in [-0.05, 0) is 32.6 Å². The van der Waals surface area contributed by atoms with Crippen molar-refractivity contribution in [3.8, 4) is 0 Å². The molecule has 14 heavy (non-hydrogen) atoms. The van der Waals surface area contributed by atoms with Crippen molar-refractivity contribution in [2.45, 2.75) is 63.6 Å². The van der Waals surface area contributed by atoms with Crippen LogP contribution in [0.25, 0.3) is 0 Å². The minimum absolute atomic E-state index is 0.130. The average molecular weight is 197 g/mol. The molecule has 0 aromatic rings. The summed E-state index contributed by atoms with van der Waals surface area (Å²) in [6.45, 7) is 5.90. The minimum Gasteiger partial charge on any atom is -0.392 e. The summed E-state index contributed by atoms with van der Waals surface area (Å²) < 4.78 is 0. The van der Waals surface area contributed by atoms with Crippen molar-refractivity contribution in [3.05, 3.63) is 12.7 Å². The maximum Gasteiger partial charge on any atom is 0.0693 e. The molecule has 0 aromatic carbocycles. The van der Waals surface area contributed by atoms with Gasteiger partial charge < -0.3 is 10.4 Å². The van der Waals surface area contributed by atoms with E-state index in [1.54, 1.807) is 0 Å². The predicted molar refractivity (Wildman–Crippen MR) is 60.3 cm³/mol. The molecule has 0 unspecified atom stereocenters. The van der Waals surface area contributed by atoms with Crippen LogP contribution in [0.3, 0.4) is 0 Å². The minimum atomic E-state index is -0.130. The van der Waals surface area contributed by atoms with Crippen LogP contribution in [-0.4, -0.2) is 23.3 Å². The summed E-state index contributed by atoms with van der Waals surface area (Å²) in [5.41, 5.74) is 0. The van der Waals surface area contributed by atoms with Gasteiger partial charge in [0.2, 0.25) is 0 Å². The molecule has 1 aliphatic carbocycles. The Morgan fingerprint density at radius 2 is 2.21 bits per heavy atom. The van der Waals surface area contributed by atoms with Gasteiger partial charge in [0.1, 0.15) is 0 Å². The second-order valence-corrected chi connectivity index (χ2v) is 4.39. The molecule has 2 nitrogen and oxygen atoms in total. The van der Waals surface area contributed by atoms with Crippen molar-refractivity contribution in [3.63, 3.8) is 0 Å². The Balaban J connectivity index is 2.23. The van der Waals surface area contributed by atoms with Gasteiger partial charge in [-0.1, -0.05) is 18.9 Å². The monoisotopic (exact) mass is 197 g/mol. The molecule has 82 valence electrons. The van der Waals surface area contributed by atoms with E-state index in [0.717, 1.165) is 25.7 Å². The van der Waals surface area contributed by atoms with Crippen LogP contribution in [0.4, 0.5) is 0 Å². The zero-order chi connectivity index (χ0) is 10.4. The third-order valence-corrected chi connectivity index (χ3v) is 3.03. The molecule has 0 aromatic heterocycles. The van der Waals surface area contributed by atoms with Crippen molar-refractivity contribution >= 4 is 0 Å². The molecule has 1 fully saturated rings. The van der Waals surface area contributed by atoms with Gasteiger partial charge in [0, 0.05) is 12.1 Å². The van der Waals surface area contributed by atoms with Crippen LogP contribution >= 0.6 is 0 Å². The fourth-order valence-corrected chi connectivity index (χ4v) is 2.12. The van der Waals surface area contributed by atoms with E-state index in [4.69, 9.17) is 0 Å². The van der Waals surface area contributed by atoms with Crippen molar-refractivity contribution in [2.75, 3.05) is 0 Å². The number of aliphatic hydroxyl groups is 1. The van der Waals surface area contributed by atoms with Crippen LogP contribution in [-0.2, 0) is 0 Å². The van der Waals surface area contributed by atoms with Crippen LogP contribution in [0.2, 0.25) is 0 Å². The van der Waals surface area contributed by atoms with Gasteiger partial charge in [-0.2, -0.15) is 0 Å². The zero-order valence-corrected chi connectivity index (χ0v) is 9.21. The van der Waals surface area contributed by atoms with E-state index >= 15 is 0 Å². The van der Waals surface area contributed by atoms with E-state index in [2.05, 4.69) is 18.8 Å². The van der Waals surface area contributed by atoms with Gasteiger partial charge in [0.05, 0.1) is 6.10 Å². The lowest BCUT2D eigenvalue weighted by Gasteiger charge is -2.31. The largest absolute Gasteiger partial charge is 0.392 e. The van der Waals surface area contributed by atoms with E-state index in [-0.39, 0.29) is 6.10 Å². The van der Waals surface area contributed by atoms with Crippen molar-refractivity contribution in [2.24, 2.45) is 0 Å². The number of hydrogen-bond acceptors (Lipinski definition) is 2. The van der Waals surface area contributed by atoms with Crippen LogP contribution in [0, 0.1) is 0 Å². The van der Waals surface area contributed by atoms with E-state index in [0.29, 0.717) is 12.1 Å². The lowest BCUT2D eigenvalue weighted by atomic mass is 9.92. The summed E-state index contributed by atoms with van der Waals surface area (Å²) in [6, 6.07) is 0.814. The predicted octanol–water partition coefficient (Wildman–Crippen LogP) is 2.23. The topological polar surface area (TPSA) is 32.3 Å². The molecule has 1 rings (SSSR count). The zero-order valence-electron chi connectivity index (χ0n) is 9.21. The van der Waals surface area contributed by atoms with E-state index in [1.807, 2.05) is 6.08 Å². The van der Waals surface area contributed by atoms with Gasteiger partial charge >= 0.3 is 0 Å². The van der Waals surface area contributed by atoms with Gasteiger partial charge in [-0.3, -0.25) is 0 Å². The van der Waals surface area contributed by atoms with Crippen LogP contribution in [0.5, 0.6) is 0 Å². The fourth-order valence-electron chi connectivity index (χ4n) is 2.12. The third kappa shape index (κ3) is 3.81. The van der Waals surface area contributed by atoms with Crippen molar-refractivity contribution in [1.82, 2.24) is 5.32 Å². The Kier molecular flexibility index (Phi) is 5.20. The first-order valence-corrected chi connectivity index (χ1v) is 5.79. The number of nitrogens with one attached hydrogen (secondary N) is 1. The molecule has 0 bridgehead atoms. The van der Waals surface area contributed by atoms with E-state index < -0.39 is 0 Å². The Morgan fingerprint density at radius 3 is 2.86 bits per heavy atom. The van der Waals surface area contributed by atoms with Gasteiger partial charge in [-0.15, -0.1) is 6.58 Å².